The lowest BCUT2D eigenvalue weighted by Crippen LogP contribution is -2.15. The van der Waals surface area contributed by atoms with Crippen LogP contribution >= 0.6 is 0 Å². The van der Waals surface area contributed by atoms with Gasteiger partial charge in [0.15, 0.2) is 0 Å². The van der Waals surface area contributed by atoms with Gasteiger partial charge < -0.3 is 19.2 Å². The quantitative estimate of drug-likeness (QED) is 0.655. The van der Waals surface area contributed by atoms with Crippen LogP contribution in [0.15, 0.2) is 16.5 Å². The normalized spacial score (nSPS) is 10.9. The Hall–Kier alpha value is -0.840. The molecule has 0 aliphatic rings. The summed E-state index contributed by atoms with van der Waals surface area (Å²) in [7, 11) is 1.66. The molecule has 16 heavy (non-hydrogen) atoms. The van der Waals surface area contributed by atoms with Crippen molar-refractivity contribution in [1.82, 2.24) is 5.32 Å². The molecule has 0 aliphatic heterocycles. The Morgan fingerprint density at radius 2 is 2.12 bits per heavy atom. The van der Waals surface area contributed by atoms with E-state index in [2.05, 4.69) is 5.32 Å². The molecule has 1 heterocycles. The lowest BCUT2D eigenvalue weighted by molar-refractivity contribution is 0.144. The molecule has 0 aromatic carbocycles. The van der Waals surface area contributed by atoms with Crippen molar-refractivity contribution in [2.75, 3.05) is 26.9 Å². The topological polar surface area (TPSA) is 43.6 Å². The molecule has 0 atom stereocenters. The van der Waals surface area contributed by atoms with E-state index in [1.807, 2.05) is 19.1 Å². The maximum atomic E-state index is 5.53. The van der Waals surface area contributed by atoms with Gasteiger partial charge in [0.1, 0.15) is 18.1 Å². The lowest BCUT2D eigenvalue weighted by Gasteiger charge is -2.02. The minimum atomic E-state index is 0.532. The van der Waals surface area contributed by atoms with Crippen molar-refractivity contribution in [1.29, 1.82) is 0 Å². The van der Waals surface area contributed by atoms with Crippen LogP contribution in [0.1, 0.15) is 24.9 Å². The molecule has 0 saturated heterocycles. The number of ether oxygens (including phenoxy) is 2. The first-order valence-corrected chi connectivity index (χ1v) is 5.71. The van der Waals surface area contributed by atoms with Gasteiger partial charge in [0.2, 0.25) is 0 Å². The largest absolute Gasteiger partial charge is 0.462 e. The average Bonchev–Trinajstić information content (AvgIpc) is 2.72. The van der Waals surface area contributed by atoms with Crippen molar-refractivity contribution in [2.24, 2.45) is 0 Å². The second-order valence-electron chi connectivity index (χ2n) is 3.53. The van der Waals surface area contributed by atoms with Gasteiger partial charge in [0, 0.05) is 20.3 Å². The molecule has 92 valence electrons. The van der Waals surface area contributed by atoms with Crippen LogP contribution in [0.25, 0.3) is 0 Å². The van der Waals surface area contributed by atoms with E-state index in [1.54, 1.807) is 7.11 Å². The summed E-state index contributed by atoms with van der Waals surface area (Å²) in [6, 6.07) is 3.92. The molecule has 0 bridgehead atoms. The fraction of sp³-hybridized carbons (Fsp3) is 0.667. The first kappa shape index (κ1) is 13.2. The van der Waals surface area contributed by atoms with E-state index in [-0.39, 0.29) is 0 Å². The van der Waals surface area contributed by atoms with Gasteiger partial charge in [-0.05, 0) is 32.0 Å². The summed E-state index contributed by atoms with van der Waals surface area (Å²) in [5, 5.41) is 3.30. The van der Waals surface area contributed by atoms with Crippen LogP contribution in [0.2, 0.25) is 0 Å². The molecular weight excluding hydrogens is 206 g/mol. The first-order chi connectivity index (χ1) is 7.86. The van der Waals surface area contributed by atoms with Crippen molar-refractivity contribution in [3.63, 3.8) is 0 Å². The lowest BCUT2D eigenvalue weighted by atomic mass is 10.4. The molecule has 0 fully saturated rings. The number of nitrogens with one attached hydrogen (secondary N) is 1. The molecule has 1 aromatic heterocycles. The number of rotatable bonds is 9. The zero-order valence-electron chi connectivity index (χ0n) is 10.1. The smallest absolute Gasteiger partial charge is 0.129 e. The van der Waals surface area contributed by atoms with Crippen LogP contribution in [-0.2, 0) is 22.6 Å². The molecule has 0 amide bonds. The predicted molar refractivity (Wildman–Crippen MR) is 62.2 cm³/mol. The Bertz CT molecular complexity index is 273. The number of hydrogen-bond donors (Lipinski definition) is 1. The summed E-state index contributed by atoms with van der Waals surface area (Å²) in [4.78, 5) is 0. The molecule has 4 nitrogen and oxygen atoms in total. The Morgan fingerprint density at radius 3 is 2.88 bits per heavy atom. The molecule has 1 N–H and O–H groups in total. The standard InChI is InChI=1S/C12H21NO3/c1-3-15-8-4-7-13-9-11-5-6-12(16-11)10-14-2/h5-6,13H,3-4,7-10H2,1-2H3. The highest BCUT2D eigenvalue weighted by molar-refractivity contribution is 5.06. The van der Waals surface area contributed by atoms with Crippen molar-refractivity contribution in [2.45, 2.75) is 26.5 Å². The first-order valence-electron chi connectivity index (χ1n) is 5.71. The maximum Gasteiger partial charge on any atom is 0.129 e. The number of methoxy groups -OCH3 is 1. The van der Waals surface area contributed by atoms with Gasteiger partial charge >= 0.3 is 0 Å². The summed E-state index contributed by atoms with van der Waals surface area (Å²) in [6.45, 7) is 5.85. The fourth-order valence-corrected chi connectivity index (χ4v) is 1.39. The molecule has 0 saturated carbocycles. The third-order valence-electron chi connectivity index (χ3n) is 2.15. The highest BCUT2D eigenvalue weighted by Gasteiger charge is 2.00. The van der Waals surface area contributed by atoms with Crippen molar-refractivity contribution >= 4 is 0 Å². The summed E-state index contributed by atoms with van der Waals surface area (Å²) >= 11 is 0. The molecule has 4 heteroatoms. The molecule has 0 spiro atoms. The zero-order valence-corrected chi connectivity index (χ0v) is 10.1. The summed E-state index contributed by atoms with van der Waals surface area (Å²) in [6.07, 6.45) is 1.03. The number of hydrogen-bond acceptors (Lipinski definition) is 4. The van der Waals surface area contributed by atoms with Crippen LogP contribution in [0, 0.1) is 0 Å². The molecule has 0 unspecified atom stereocenters. The summed E-state index contributed by atoms with van der Waals surface area (Å²) in [5.41, 5.74) is 0. The Balaban J connectivity index is 2.07. The molecular formula is C12H21NO3. The predicted octanol–water partition coefficient (Wildman–Crippen LogP) is 1.94. The van der Waals surface area contributed by atoms with E-state index in [4.69, 9.17) is 13.9 Å². The van der Waals surface area contributed by atoms with Gasteiger partial charge in [-0.15, -0.1) is 0 Å². The number of furan rings is 1. The monoisotopic (exact) mass is 227 g/mol. The third-order valence-corrected chi connectivity index (χ3v) is 2.15. The second-order valence-corrected chi connectivity index (χ2v) is 3.53. The van der Waals surface area contributed by atoms with E-state index >= 15 is 0 Å². The third kappa shape index (κ3) is 5.30. The van der Waals surface area contributed by atoms with Gasteiger partial charge in [-0.3, -0.25) is 0 Å². The van der Waals surface area contributed by atoms with E-state index in [0.29, 0.717) is 6.61 Å². The van der Waals surface area contributed by atoms with Crippen molar-refractivity contribution in [3.8, 4) is 0 Å². The van der Waals surface area contributed by atoms with Gasteiger partial charge in [0.05, 0.1) is 6.54 Å². The van der Waals surface area contributed by atoms with Gasteiger partial charge in [0.25, 0.3) is 0 Å². The summed E-state index contributed by atoms with van der Waals surface area (Å²) in [5.74, 6) is 1.82. The minimum Gasteiger partial charge on any atom is -0.462 e. The minimum absolute atomic E-state index is 0.532. The van der Waals surface area contributed by atoms with Crippen molar-refractivity contribution < 1.29 is 13.9 Å². The van der Waals surface area contributed by atoms with E-state index in [0.717, 1.165) is 44.2 Å². The van der Waals surface area contributed by atoms with Crippen LogP contribution in [-0.4, -0.2) is 26.9 Å². The van der Waals surface area contributed by atoms with Gasteiger partial charge in [-0.2, -0.15) is 0 Å². The highest BCUT2D eigenvalue weighted by Crippen LogP contribution is 2.08. The van der Waals surface area contributed by atoms with Gasteiger partial charge in [-0.25, -0.2) is 0 Å². The van der Waals surface area contributed by atoms with Crippen molar-refractivity contribution in [3.05, 3.63) is 23.7 Å². The highest BCUT2D eigenvalue weighted by atomic mass is 16.5. The molecule has 1 aromatic rings. The van der Waals surface area contributed by atoms with Crippen LogP contribution in [0.3, 0.4) is 0 Å². The Kier molecular flexibility index (Phi) is 6.88. The van der Waals surface area contributed by atoms with E-state index in [9.17, 15) is 0 Å². The Labute approximate surface area is 96.9 Å². The second kappa shape index (κ2) is 8.33. The molecule has 0 aliphatic carbocycles. The SMILES string of the molecule is CCOCCCNCc1ccc(COC)o1. The Morgan fingerprint density at radius 1 is 1.31 bits per heavy atom. The molecule has 1 rings (SSSR count). The van der Waals surface area contributed by atoms with Gasteiger partial charge in [-0.1, -0.05) is 0 Å². The zero-order chi connectivity index (χ0) is 11.6. The van der Waals surface area contributed by atoms with E-state index < -0.39 is 0 Å². The van der Waals surface area contributed by atoms with Crippen LogP contribution in [0.4, 0.5) is 0 Å². The average molecular weight is 227 g/mol. The van der Waals surface area contributed by atoms with E-state index in [1.165, 1.54) is 0 Å². The summed E-state index contributed by atoms with van der Waals surface area (Å²) < 4.78 is 15.8. The van der Waals surface area contributed by atoms with Crippen LogP contribution < -0.4 is 5.32 Å². The fourth-order valence-electron chi connectivity index (χ4n) is 1.39. The molecule has 0 radical (unpaired) electrons. The van der Waals surface area contributed by atoms with Crippen LogP contribution in [0.5, 0.6) is 0 Å². The maximum absolute atomic E-state index is 5.53.